The van der Waals surface area contributed by atoms with Gasteiger partial charge in [0.25, 0.3) is 0 Å². The smallest absolute Gasteiger partial charge is 0.219 e. The molecule has 4 fully saturated rings. The Morgan fingerprint density at radius 1 is 0.627 bits per heavy atom. The van der Waals surface area contributed by atoms with Gasteiger partial charge in [0.2, 0.25) is 17.5 Å². The molecule has 10 unspecified atom stereocenters. The molecule has 2 saturated carbocycles. The van der Waals surface area contributed by atoms with Crippen molar-refractivity contribution < 1.29 is 79.8 Å². The standard InChI is InChI=1S/C31H40N6O8.C28H34N2O8/c1-15(32)34-29(33)37-12-10-36(11-13-37)9-8-20(39)23-26(41)24(35(3)4)18-14-17-22(27(42)31(18,45)28(23)43)25(40)21-16(30(17,2)44)6-5-7-19(21)38;1-27(37)14-7-6-8-17(31)19(14)23(33)20-15(27)13-16-22(29(2)3)24(34)21(26(36)28(16,38)25(20)35)18(32)9-12-30-10-4-5-11-30/h5-7,17-18,24,38,40,43-45H,8-14H2,1-4H3,(H3,32,33,34);6-8,15-16,22,31,33,36-38H,4-5,9-13H2,1-3H3. The molecule has 0 amide bonds. The van der Waals surface area contributed by atoms with Gasteiger partial charge in [-0.1, -0.05) is 24.3 Å². The number of hydrogen-bond acceptors (Lipinski definition) is 21. The second-order valence-electron chi connectivity index (χ2n) is 24.0. The highest BCUT2D eigenvalue weighted by Gasteiger charge is 2.68. The Hall–Kier alpha value is -7.16. The first kappa shape index (κ1) is 60.4. The molecule has 2 aliphatic heterocycles. The predicted octanol–water partition coefficient (Wildman–Crippen LogP) is 1.23. The number of nitrogens with zero attached hydrogens (tertiary/aromatic N) is 6. The SMILES string of the molecule is CC(N)=NC(=N)N1CCN(CCC(=O)C2=C(O)C3(O)C(=O)C4=C(O)c5c(O)cccc5C(C)(O)C4CC3C(N(C)C)C2=O)CC1.CN(C)C1C(=O)C(C(=O)CCN2CCCC2)=C(O)C2(O)C(=O)C3=C(O)c4c(O)cccc4C(C)(O)C3CC12. The van der Waals surface area contributed by atoms with Crippen LogP contribution < -0.4 is 5.73 Å². The highest BCUT2D eigenvalue weighted by molar-refractivity contribution is 6.26. The van der Waals surface area contributed by atoms with E-state index in [0.717, 1.165) is 25.9 Å². The Labute approximate surface area is 478 Å². The first-order valence-corrected chi connectivity index (χ1v) is 27.8. The second-order valence-corrected chi connectivity index (χ2v) is 24.0. The number of carbonyl (C=O) groups excluding carboxylic acids is 6. The third kappa shape index (κ3) is 9.56. The highest BCUT2D eigenvalue weighted by Crippen LogP contribution is 2.59. The summed E-state index contributed by atoms with van der Waals surface area (Å²) in [6, 6.07) is 6.26. The van der Waals surface area contributed by atoms with Gasteiger partial charge in [-0.3, -0.25) is 48.9 Å². The number of likely N-dealkylation sites (tertiary alicyclic amines) is 1. The number of aliphatic hydroxyl groups excluding tert-OH is 4. The normalized spacial score (nSPS) is 32.0. The van der Waals surface area contributed by atoms with Crippen LogP contribution in [0.4, 0.5) is 0 Å². The third-order valence-corrected chi connectivity index (χ3v) is 18.6. The molecule has 0 spiro atoms. The molecule has 0 aromatic heterocycles. The topological polar surface area (TPSA) is 383 Å². The number of aliphatic hydroxyl groups is 8. The van der Waals surface area contributed by atoms with Crippen molar-refractivity contribution in [3.05, 3.63) is 92.5 Å². The van der Waals surface area contributed by atoms with Crippen LogP contribution in [0.15, 0.2) is 75.2 Å². The van der Waals surface area contributed by atoms with Gasteiger partial charge >= 0.3 is 0 Å². The van der Waals surface area contributed by atoms with E-state index < -0.39 is 138 Å². The molecule has 2 aromatic carbocycles. The maximum atomic E-state index is 14.2. The predicted molar refractivity (Wildman–Crippen MR) is 300 cm³/mol. The Bertz CT molecular complexity index is 3280. The lowest BCUT2D eigenvalue weighted by Gasteiger charge is -2.53. The molecule has 8 aliphatic rings. The zero-order valence-corrected chi connectivity index (χ0v) is 47.5. The lowest BCUT2D eigenvalue weighted by Crippen LogP contribution is -2.66. The second kappa shape index (κ2) is 21.8. The number of Topliss-reactive ketones (excluding diaryl/α,β-unsaturated/α-hetero) is 6. The van der Waals surface area contributed by atoms with Crippen LogP contribution in [0.2, 0.25) is 0 Å². The van der Waals surface area contributed by atoms with E-state index in [0.29, 0.717) is 32.7 Å². The van der Waals surface area contributed by atoms with Crippen molar-refractivity contribution in [2.45, 2.75) is 93.8 Å². The summed E-state index contributed by atoms with van der Waals surface area (Å²) in [6.45, 7) is 8.68. The van der Waals surface area contributed by atoms with Crippen molar-refractivity contribution in [1.29, 1.82) is 5.41 Å². The number of rotatable bonds is 10. The lowest BCUT2D eigenvalue weighted by molar-refractivity contribution is -0.160. The number of piperazine rings is 1. The number of aliphatic imine (C=N–C) groups is 1. The number of amidine groups is 1. The molecule has 0 radical (unpaired) electrons. The molecular weight excluding hydrogens is 1080 g/mol. The van der Waals surface area contributed by atoms with Crippen LogP contribution in [0, 0.1) is 29.1 Å². The molecule has 24 nitrogen and oxygen atoms in total. The van der Waals surface area contributed by atoms with E-state index >= 15 is 0 Å². The van der Waals surface area contributed by atoms with Crippen LogP contribution in [0.3, 0.4) is 0 Å². The Morgan fingerprint density at radius 2 is 1.00 bits per heavy atom. The fourth-order valence-corrected chi connectivity index (χ4v) is 14.3. The molecule has 24 heteroatoms. The molecule has 446 valence electrons. The van der Waals surface area contributed by atoms with Gasteiger partial charge in [0, 0.05) is 86.9 Å². The molecule has 2 aromatic rings. The van der Waals surface area contributed by atoms with Crippen LogP contribution in [0.5, 0.6) is 11.5 Å². The number of nitrogens with two attached hydrogens (primary N) is 1. The first-order chi connectivity index (χ1) is 38.9. The van der Waals surface area contributed by atoms with Gasteiger partial charge in [-0.2, -0.15) is 0 Å². The number of phenols is 2. The van der Waals surface area contributed by atoms with Crippen molar-refractivity contribution >= 4 is 58.0 Å². The highest BCUT2D eigenvalue weighted by atomic mass is 16.4. The van der Waals surface area contributed by atoms with Crippen molar-refractivity contribution in [2.24, 2.45) is 34.4 Å². The van der Waals surface area contributed by atoms with Gasteiger partial charge in [-0.15, -0.1) is 0 Å². The van der Waals surface area contributed by atoms with E-state index in [2.05, 4.69) is 9.89 Å². The number of guanidine groups is 1. The maximum Gasteiger partial charge on any atom is 0.219 e. The number of benzene rings is 2. The Balaban J connectivity index is 0.000000202. The summed E-state index contributed by atoms with van der Waals surface area (Å²) in [6.07, 6.45) is 1.43. The van der Waals surface area contributed by atoms with Crippen molar-refractivity contribution in [1.82, 2.24) is 24.5 Å². The summed E-state index contributed by atoms with van der Waals surface area (Å²) in [7, 11) is 6.27. The average molecular weight is 1150 g/mol. The van der Waals surface area contributed by atoms with Crippen LogP contribution in [0.1, 0.15) is 81.5 Å². The molecule has 2 saturated heterocycles. The van der Waals surface area contributed by atoms with E-state index in [1.165, 1.54) is 60.0 Å². The summed E-state index contributed by atoms with van der Waals surface area (Å²) in [5.74, 6) is -13.5. The molecule has 13 N–H and O–H groups in total. The van der Waals surface area contributed by atoms with E-state index in [-0.39, 0.29) is 77.6 Å². The van der Waals surface area contributed by atoms with Crippen molar-refractivity contribution in [2.75, 3.05) is 80.5 Å². The van der Waals surface area contributed by atoms with E-state index in [9.17, 15) is 79.8 Å². The van der Waals surface area contributed by atoms with Gasteiger partial charge in [-0.05, 0) is 111 Å². The largest absolute Gasteiger partial charge is 0.508 e. The van der Waals surface area contributed by atoms with Crippen LogP contribution in [-0.2, 0) is 40.0 Å². The average Bonchev–Trinajstić information content (AvgIpc) is 1.15. The zero-order chi connectivity index (χ0) is 60.9. The van der Waals surface area contributed by atoms with Crippen molar-refractivity contribution in [3.63, 3.8) is 0 Å². The van der Waals surface area contributed by atoms with Gasteiger partial charge in [-0.25, -0.2) is 4.99 Å². The summed E-state index contributed by atoms with van der Waals surface area (Å²) in [5.41, 5.74) is -5.36. The summed E-state index contributed by atoms with van der Waals surface area (Å²) in [5, 5.41) is 121. The third-order valence-electron chi connectivity index (χ3n) is 18.6. The summed E-state index contributed by atoms with van der Waals surface area (Å²) >= 11 is 0. The van der Waals surface area contributed by atoms with E-state index in [1.54, 1.807) is 40.0 Å². The number of ketones is 6. The van der Waals surface area contributed by atoms with Gasteiger partial charge in [0.1, 0.15) is 45.7 Å². The molecule has 10 rings (SSSR count). The number of carbonyl (C=O) groups is 6. The minimum absolute atomic E-state index is 0.0462. The van der Waals surface area contributed by atoms with E-state index in [1.807, 2.05) is 4.90 Å². The number of aromatic hydroxyl groups is 2. The quantitative estimate of drug-likeness (QED) is 0.0904. The van der Waals surface area contributed by atoms with Gasteiger partial charge in [0.05, 0.1) is 40.2 Å². The van der Waals surface area contributed by atoms with Crippen LogP contribution >= 0.6 is 0 Å². The molecular formula is C59H74N8O16. The number of fused-ring (bicyclic) bond motifs is 6. The Kier molecular flexibility index (Phi) is 15.9. The molecule has 83 heavy (non-hydrogen) atoms. The van der Waals surface area contributed by atoms with Crippen LogP contribution in [0.25, 0.3) is 11.5 Å². The summed E-state index contributed by atoms with van der Waals surface area (Å²) < 4.78 is 0. The molecule has 10 atom stereocenters. The zero-order valence-electron chi connectivity index (χ0n) is 47.5. The van der Waals surface area contributed by atoms with Gasteiger partial charge in [0.15, 0.2) is 34.3 Å². The molecule has 2 heterocycles. The minimum Gasteiger partial charge on any atom is -0.508 e. The molecule has 0 bridgehead atoms. The maximum absolute atomic E-state index is 14.2. The fraction of sp³-hybridized carbons (Fsp3) is 0.525. The molecule has 6 aliphatic carbocycles. The van der Waals surface area contributed by atoms with Crippen LogP contribution in [-0.4, -0.2) is 226 Å². The van der Waals surface area contributed by atoms with E-state index in [4.69, 9.17) is 11.1 Å². The fourth-order valence-electron chi connectivity index (χ4n) is 14.3. The van der Waals surface area contributed by atoms with Gasteiger partial charge < -0.3 is 66.6 Å². The lowest BCUT2D eigenvalue weighted by atomic mass is 9.54. The number of likely N-dealkylation sites (N-methyl/N-ethyl adjacent to an activating group) is 2. The van der Waals surface area contributed by atoms with Crippen molar-refractivity contribution in [3.8, 4) is 11.5 Å². The Morgan fingerprint density at radius 3 is 1.36 bits per heavy atom. The number of phenolic OH excluding ortho intramolecular Hbond substituents is 2. The minimum atomic E-state index is -2.75. The first-order valence-electron chi connectivity index (χ1n) is 27.8. The summed E-state index contributed by atoms with van der Waals surface area (Å²) in [4.78, 5) is 95.4. The number of hydrogen-bond donors (Lipinski definition) is 12. The monoisotopic (exact) mass is 1150 g/mol. The number of nitrogens with one attached hydrogen (secondary N) is 1.